The van der Waals surface area contributed by atoms with Crippen LogP contribution in [0.25, 0.3) is 0 Å². The van der Waals surface area contributed by atoms with Crippen molar-refractivity contribution in [1.29, 1.82) is 0 Å². The van der Waals surface area contributed by atoms with E-state index in [1.807, 2.05) is 0 Å². The van der Waals surface area contributed by atoms with Gasteiger partial charge in [-0.2, -0.15) is 13.2 Å². The van der Waals surface area contributed by atoms with E-state index >= 15 is 0 Å². The van der Waals surface area contributed by atoms with Gasteiger partial charge in [0.1, 0.15) is 5.75 Å². The van der Waals surface area contributed by atoms with Crippen LogP contribution < -0.4 is 10.5 Å². The molecular weight excluding hydrogens is 231 g/mol. The summed E-state index contributed by atoms with van der Waals surface area (Å²) in [5.41, 5.74) is 4.83. The minimum Gasteiger partial charge on any atom is -0.496 e. The van der Waals surface area contributed by atoms with E-state index in [2.05, 4.69) is 4.74 Å². The molecule has 2 N–H and O–H groups in total. The second kappa shape index (κ2) is 4.28. The normalized spacial score (nSPS) is 11.6. The van der Waals surface area contributed by atoms with E-state index < -0.39 is 11.7 Å². The van der Waals surface area contributed by atoms with E-state index in [0.717, 1.165) is 6.07 Å². The number of alkyl halides is 3. The maximum Gasteiger partial charge on any atom is 0.420 e. The van der Waals surface area contributed by atoms with Crippen molar-refractivity contribution in [2.45, 2.75) is 12.7 Å². The summed E-state index contributed by atoms with van der Waals surface area (Å²) in [5, 5.41) is -0.00868. The van der Waals surface area contributed by atoms with Gasteiger partial charge in [-0.15, -0.1) is 0 Å². The Morgan fingerprint density at radius 2 is 2.00 bits per heavy atom. The van der Waals surface area contributed by atoms with Gasteiger partial charge in [0.15, 0.2) is 0 Å². The molecule has 84 valence electrons. The molecule has 0 atom stereocenters. The third kappa shape index (κ3) is 2.54. The summed E-state index contributed by atoms with van der Waals surface area (Å²) in [6.45, 7) is 0.0628. The Balaban J connectivity index is 3.34. The highest BCUT2D eigenvalue weighted by Gasteiger charge is 2.35. The minimum atomic E-state index is -4.48. The first-order valence-corrected chi connectivity index (χ1v) is 4.41. The SMILES string of the molecule is COc1cc(CN)c(Cl)cc1C(F)(F)F. The molecule has 0 amide bonds. The van der Waals surface area contributed by atoms with Gasteiger partial charge in [0.25, 0.3) is 0 Å². The Hall–Kier alpha value is -0.940. The van der Waals surface area contributed by atoms with Gasteiger partial charge in [0, 0.05) is 11.6 Å². The summed E-state index contributed by atoms with van der Waals surface area (Å²) in [6.07, 6.45) is -4.48. The average Bonchev–Trinajstić information content (AvgIpc) is 2.16. The summed E-state index contributed by atoms with van der Waals surface area (Å²) >= 11 is 5.63. The van der Waals surface area contributed by atoms with E-state index in [4.69, 9.17) is 17.3 Å². The highest BCUT2D eigenvalue weighted by atomic mass is 35.5. The van der Waals surface area contributed by atoms with Gasteiger partial charge in [-0.05, 0) is 17.7 Å². The average molecular weight is 240 g/mol. The fourth-order valence-corrected chi connectivity index (χ4v) is 1.38. The molecule has 0 aromatic heterocycles. The number of rotatable bonds is 2. The van der Waals surface area contributed by atoms with Crippen LogP contribution in [0.3, 0.4) is 0 Å². The van der Waals surface area contributed by atoms with Crippen LogP contribution >= 0.6 is 11.6 Å². The topological polar surface area (TPSA) is 35.2 Å². The van der Waals surface area contributed by atoms with Gasteiger partial charge in [0.05, 0.1) is 12.7 Å². The molecule has 0 aliphatic carbocycles. The fraction of sp³-hybridized carbons (Fsp3) is 0.333. The lowest BCUT2D eigenvalue weighted by Crippen LogP contribution is -2.09. The fourth-order valence-electron chi connectivity index (χ4n) is 1.14. The molecule has 0 aliphatic rings. The number of hydrogen-bond donors (Lipinski definition) is 1. The molecule has 1 aromatic carbocycles. The summed E-state index contributed by atoms with van der Waals surface area (Å²) in [7, 11) is 1.17. The molecule has 1 aromatic rings. The van der Waals surface area contributed by atoms with Gasteiger partial charge in [-0.3, -0.25) is 0 Å². The van der Waals surface area contributed by atoms with Gasteiger partial charge in [-0.25, -0.2) is 0 Å². The predicted octanol–water partition coefficient (Wildman–Crippen LogP) is 2.83. The van der Waals surface area contributed by atoms with Crippen molar-refractivity contribution in [1.82, 2.24) is 0 Å². The number of hydrogen-bond acceptors (Lipinski definition) is 2. The number of benzene rings is 1. The number of methoxy groups -OCH3 is 1. The van der Waals surface area contributed by atoms with Crippen LogP contribution in [0.15, 0.2) is 12.1 Å². The van der Waals surface area contributed by atoms with Crippen LogP contribution in [-0.2, 0) is 12.7 Å². The van der Waals surface area contributed by atoms with Gasteiger partial charge in [0.2, 0.25) is 0 Å². The van der Waals surface area contributed by atoms with Crippen molar-refractivity contribution < 1.29 is 17.9 Å². The maximum atomic E-state index is 12.5. The van der Waals surface area contributed by atoms with Crippen molar-refractivity contribution in [2.75, 3.05) is 7.11 Å². The summed E-state index contributed by atoms with van der Waals surface area (Å²) in [4.78, 5) is 0. The summed E-state index contributed by atoms with van der Waals surface area (Å²) < 4.78 is 42.1. The summed E-state index contributed by atoms with van der Waals surface area (Å²) in [5.74, 6) is -0.271. The molecule has 0 aliphatic heterocycles. The molecule has 15 heavy (non-hydrogen) atoms. The molecule has 0 bridgehead atoms. The van der Waals surface area contributed by atoms with E-state index in [1.54, 1.807) is 0 Å². The van der Waals surface area contributed by atoms with Crippen molar-refractivity contribution in [3.05, 3.63) is 28.3 Å². The maximum absolute atomic E-state index is 12.5. The van der Waals surface area contributed by atoms with Crippen LogP contribution in [0.2, 0.25) is 5.02 Å². The Bertz CT molecular complexity index is 365. The van der Waals surface area contributed by atoms with Gasteiger partial charge >= 0.3 is 6.18 Å². The van der Waals surface area contributed by atoms with Crippen LogP contribution in [0.4, 0.5) is 13.2 Å². The van der Waals surface area contributed by atoms with E-state index in [9.17, 15) is 13.2 Å². The molecule has 1 rings (SSSR count). The number of nitrogens with two attached hydrogens (primary N) is 1. The van der Waals surface area contributed by atoms with E-state index in [0.29, 0.717) is 5.56 Å². The Labute approximate surface area is 89.8 Å². The highest BCUT2D eigenvalue weighted by Crippen LogP contribution is 2.38. The van der Waals surface area contributed by atoms with Crippen LogP contribution in [0.1, 0.15) is 11.1 Å². The molecule has 2 nitrogen and oxygen atoms in total. The van der Waals surface area contributed by atoms with Gasteiger partial charge in [-0.1, -0.05) is 11.6 Å². The predicted molar refractivity (Wildman–Crippen MR) is 50.9 cm³/mol. The molecule has 0 saturated carbocycles. The molecule has 6 heteroatoms. The number of ether oxygens (including phenoxy) is 1. The largest absolute Gasteiger partial charge is 0.496 e. The monoisotopic (exact) mass is 239 g/mol. The molecular formula is C9H9ClF3NO. The first-order chi connectivity index (χ1) is 6.90. The zero-order chi connectivity index (χ0) is 11.6. The zero-order valence-electron chi connectivity index (χ0n) is 7.86. The second-order valence-corrected chi connectivity index (χ2v) is 3.25. The van der Waals surface area contributed by atoms with E-state index in [1.165, 1.54) is 13.2 Å². The molecule has 0 unspecified atom stereocenters. The quantitative estimate of drug-likeness (QED) is 0.861. The Morgan fingerprint density at radius 3 is 2.40 bits per heavy atom. The van der Waals surface area contributed by atoms with Crippen LogP contribution in [0, 0.1) is 0 Å². The molecule has 0 radical (unpaired) electrons. The van der Waals surface area contributed by atoms with Gasteiger partial charge < -0.3 is 10.5 Å². The summed E-state index contributed by atoms with van der Waals surface area (Å²) in [6, 6.07) is 2.02. The zero-order valence-corrected chi connectivity index (χ0v) is 8.62. The van der Waals surface area contributed by atoms with Crippen molar-refractivity contribution in [3.8, 4) is 5.75 Å². The molecule has 0 fully saturated rings. The third-order valence-corrected chi connectivity index (χ3v) is 2.25. The first-order valence-electron chi connectivity index (χ1n) is 4.03. The van der Waals surface area contributed by atoms with Crippen molar-refractivity contribution >= 4 is 11.6 Å². The lowest BCUT2D eigenvalue weighted by Gasteiger charge is -2.14. The smallest absolute Gasteiger partial charge is 0.420 e. The number of halogens is 4. The lowest BCUT2D eigenvalue weighted by molar-refractivity contribution is -0.138. The first kappa shape index (κ1) is 12.1. The van der Waals surface area contributed by atoms with Crippen LogP contribution in [-0.4, -0.2) is 7.11 Å². The lowest BCUT2D eigenvalue weighted by atomic mass is 10.1. The van der Waals surface area contributed by atoms with Crippen molar-refractivity contribution in [2.24, 2.45) is 5.73 Å². The third-order valence-electron chi connectivity index (χ3n) is 1.89. The highest BCUT2D eigenvalue weighted by molar-refractivity contribution is 6.31. The Morgan fingerprint density at radius 1 is 1.40 bits per heavy atom. The minimum absolute atomic E-state index is 0.00868. The molecule has 0 saturated heterocycles. The standard InChI is InChI=1S/C9H9ClF3NO/c1-15-8-2-5(4-14)7(10)3-6(8)9(11,12)13/h2-3H,4,14H2,1H3. The van der Waals surface area contributed by atoms with Crippen LogP contribution in [0.5, 0.6) is 5.75 Å². The Kier molecular flexibility index (Phi) is 3.46. The van der Waals surface area contributed by atoms with Crippen molar-refractivity contribution in [3.63, 3.8) is 0 Å². The molecule has 0 spiro atoms. The second-order valence-electron chi connectivity index (χ2n) is 2.85. The molecule has 0 heterocycles. The van der Waals surface area contributed by atoms with E-state index in [-0.39, 0.29) is 17.3 Å².